The molecule has 1 aromatic carbocycles. The number of hydrogen-bond donors (Lipinski definition) is 1. The van der Waals surface area contributed by atoms with E-state index in [0.29, 0.717) is 5.92 Å². The summed E-state index contributed by atoms with van der Waals surface area (Å²) in [5.41, 5.74) is 3.10. The lowest BCUT2D eigenvalue weighted by atomic mass is 9.96. The first-order chi connectivity index (χ1) is 8.88. The van der Waals surface area contributed by atoms with Crippen molar-refractivity contribution in [3.63, 3.8) is 0 Å². The third-order valence-corrected chi connectivity index (χ3v) is 4.39. The Morgan fingerprint density at radius 1 is 1.16 bits per heavy atom. The maximum atomic E-state index is 12.0. The second-order valence-electron chi connectivity index (χ2n) is 5.27. The van der Waals surface area contributed by atoms with Crippen LogP contribution in [-0.4, -0.2) is 16.2 Å². The molecule has 1 heterocycles. The van der Waals surface area contributed by atoms with E-state index in [1.165, 1.54) is 5.56 Å². The van der Waals surface area contributed by atoms with Crippen LogP contribution in [-0.2, 0) is 14.1 Å². The van der Waals surface area contributed by atoms with E-state index in [9.17, 15) is 4.79 Å². The minimum absolute atomic E-state index is 0.00426. The van der Waals surface area contributed by atoms with Crippen LogP contribution in [0.25, 0.3) is 11.0 Å². The van der Waals surface area contributed by atoms with Crippen molar-refractivity contribution in [1.29, 1.82) is 0 Å². The molecule has 0 fully saturated rings. The van der Waals surface area contributed by atoms with Crippen LogP contribution >= 0.6 is 15.9 Å². The summed E-state index contributed by atoms with van der Waals surface area (Å²) in [6.45, 7) is 4.36. The van der Waals surface area contributed by atoms with Gasteiger partial charge in [0.2, 0.25) is 0 Å². The summed E-state index contributed by atoms with van der Waals surface area (Å²) >= 11 is 3.63. The zero-order valence-electron chi connectivity index (χ0n) is 12.0. The minimum atomic E-state index is 0.00426. The molecule has 0 aliphatic rings. The van der Waals surface area contributed by atoms with Gasteiger partial charge in [-0.25, -0.2) is 4.79 Å². The number of hydrogen-bond acceptors (Lipinski definition) is 2. The van der Waals surface area contributed by atoms with Gasteiger partial charge in [-0.1, -0.05) is 29.8 Å². The topological polar surface area (TPSA) is 39.0 Å². The highest BCUT2D eigenvalue weighted by Gasteiger charge is 2.19. The summed E-state index contributed by atoms with van der Waals surface area (Å²) in [5, 5.41) is 3.34. The van der Waals surface area contributed by atoms with Gasteiger partial charge >= 0.3 is 5.69 Å². The Kier molecular flexibility index (Phi) is 3.87. The van der Waals surface area contributed by atoms with E-state index in [4.69, 9.17) is 0 Å². The molecule has 0 saturated heterocycles. The van der Waals surface area contributed by atoms with Gasteiger partial charge in [0.05, 0.1) is 11.0 Å². The average molecular weight is 326 g/mol. The third kappa shape index (κ3) is 2.25. The molecule has 0 aliphatic carbocycles. The second kappa shape index (κ2) is 5.13. The van der Waals surface area contributed by atoms with E-state index in [2.05, 4.69) is 41.2 Å². The molecule has 1 aromatic heterocycles. The summed E-state index contributed by atoms with van der Waals surface area (Å²) in [6.07, 6.45) is 0. The van der Waals surface area contributed by atoms with Crippen LogP contribution in [0.15, 0.2) is 21.4 Å². The van der Waals surface area contributed by atoms with Crippen LogP contribution in [0.3, 0.4) is 0 Å². The first-order valence-corrected chi connectivity index (χ1v) is 7.20. The van der Waals surface area contributed by atoms with Crippen LogP contribution in [0.1, 0.15) is 25.5 Å². The number of aromatic nitrogens is 2. The summed E-state index contributed by atoms with van der Waals surface area (Å²) in [4.78, 5) is 12.0. The number of rotatable bonds is 3. The lowest BCUT2D eigenvalue weighted by molar-refractivity contribution is 0.442. The maximum Gasteiger partial charge on any atom is 0.328 e. The van der Waals surface area contributed by atoms with Crippen LogP contribution in [0.4, 0.5) is 0 Å². The smallest absolute Gasteiger partial charge is 0.313 e. The first kappa shape index (κ1) is 14.3. The Labute approximate surface area is 121 Å². The molecule has 0 radical (unpaired) electrons. The van der Waals surface area contributed by atoms with E-state index in [1.807, 2.05) is 20.2 Å². The number of halogens is 1. The van der Waals surface area contributed by atoms with Gasteiger partial charge in [0, 0.05) is 24.6 Å². The molecule has 2 rings (SSSR count). The molecular weight excluding hydrogens is 306 g/mol. The van der Waals surface area contributed by atoms with Gasteiger partial charge < -0.3 is 5.32 Å². The number of nitrogens with zero attached hydrogens (tertiary/aromatic N) is 2. The van der Waals surface area contributed by atoms with E-state index in [0.717, 1.165) is 15.5 Å². The van der Waals surface area contributed by atoms with Crippen molar-refractivity contribution in [2.45, 2.75) is 19.9 Å². The van der Waals surface area contributed by atoms with Crippen LogP contribution < -0.4 is 11.0 Å². The van der Waals surface area contributed by atoms with Gasteiger partial charge in [0.25, 0.3) is 0 Å². The third-order valence-electron chi connectivity index (χ3n) is 3.70. The number of nitrogens with one attached hydrogen (secondary N) is 1. The van der Waals surface area contributed by atoms with Crippen molar-refractivity contribution in [3.05, 3.63) is 32.7 Å². The van der Waals surface area contributed by atoms with Gasteiger partial charge in [-0.3, -0.25) is 9.13 Å². The van der Waals surface area contributed by atoms with Crippen LogP contribution in [0.5, 0.6) is 0 Å². The Morgan fingerprint density at radius 3 is 2.16 bits per heavy atom. The van der Waals surface area contributed by atoms with Gasteiger partial charge in [-0.15, -0.1) is 0 Å². The normalized spacial score (nSPS) is 13.4. The lowest BCUT2D eigenvalue weighted by Crippen LogP contribution is -2.22. The quantitative estimate of drug-likeness (QED) is 0.941. The molecule has 0 amide bonds. The number of imidazole rings is 1. The summed E-state index contributed by atoms with van der Waals surface area (Å²) in [7, 11) is 5.58. The van der Waals surface area contributed by atoms with Gasteiger partial charge in [-0.05, 0) is 30.7 Å². The Morgan fingerprint density at radius 2 is 1.68 bits per heavy atom. The maximum absolute atomic E-state index is 12.0. The summed E-state index contributed by atoms with van der Waals surface area (Å²) in [5.74, 6) is 0.472. The fourth-order valence-electron chi connectivity index (χ4n) is 2.62. The largest absolute Gasteiger partial charge is 0.328 e. The second-order valence-corrected chi connectivity index (χ2v) is 6.13. The van der Waals surface area contributed by atoms with Crippen molar-refractivity contribution in [3.8, 4) is 0 Å². The molecule has 0 saturated carbocycles. The molecule has 1 unspecified atom stereocenters. The fourth-order valence-corrected chi connectivity index (χ4v) is 3.20. The van der Waals surface area contributed by atoms with Crippen molar-refractivity contribution in [2.75, 3.05) is 7.05 Å². The predicted octanol–water partition coefficient (Wildman–Crippen LogP) is 2.56. The van der Waals surface area contributed by atoms with Gasteiger partial charge in [0.15, 0.2) is 0 Å². The monoisotopic (exact) mass is 325 g/mol. The Balaban J connectivity index is 2.75. The average Bonchev–Trinajstić information content (AvgIpc) is 2.56. The Bertz CT molecular complexity index is 669. The summed E-state index contributed by atoms with van der Waals surface area (Å²) in [6, 6.07) is 4.38. The van der Waals surface area contributed by atoms with E-state index < -0.39 is 0 Å². The molecule has 1 N–H and O–H groups in total. The van der Waals surface area contributed by atoms with Gasteiger partial charge in [0.1, 0.15) is 0 Å². The standard InChI is InChI=1S/C14H20BrN3O/c1-8(2)13(16-3)9-6-11-12(7-10(9)15)18(5)14(19)17(11)4/h6-8,13,16H,1-5H3. The highest BCUT2D eigenvalue weighted by molar-refractivity contribution is 9.10. The zero-order chi connectivity index (χ0) is 14.3. The molecule has 0 aliphatic heterocycles. The number of fused-ring (bicyclic) bond motifs is 1. The first-order valence-electron chi connectivity index (χ1n) is 6.40. The minimum Gasteiger partial charge on any atom is -0.313 e. The molecule has 4 nitrogen and oxygen atoms in total. The number of benzene rings is 1. The zero-order valence-corrected chi connectivity index (χ0v) is 13.6. The summed E-state index contributed by atoms with van der Waals surface area (Å²) < 4.78 is 4.40. The van der Waals surface area contributed by atoms with Crippen molar-refractivity contribution in [1.82, 2.24) is 14.5 Å². The van der Waals surface area contributed by atoms with Crippen molar-refractivity contribution in [2.24, 2.45) is 20.0 Å². The highest BCUT2D eigenvalue weighted by atomic mass is 79.9. The predicted molar refractivity (Wildman–Crippen MR) is 82.5 cm³/mol. The van der Waals surface area contributed by atoms with Gasteiger partial charge in [-0.2, -0.15) is 0 Å². The number of aryl methyl sites for hydroxylation is 2. The fraction of sp³-hybridized carbons (Fsp3) is 0.500. The molecule has 19 heavy (non-hydrogen) atoms. The van der Waals surface area contributed by atoms with E-state index >= 15 is 0 Å². The highest BCUT2D eigenvalue weighted by Crippen LogP contribution is 2.31. The lowest BCUT2D eigenvalue weighted by Gasteiger charge is -2.22. The van der Waals surface area contributed by atoms with Crippen molar-refractivity contribution >= 4 is 27.0 Å². The molecule has 1 atom stereocenters. The molecule has 0 bridgehead atoms. The SMILES string of the molecule is CNC(c1cc2c(cc1Br)n(C)c(=O)n2C)C(C)C. The van der Waals surface area contributed by atoms with E-state index in [-0.39, 0.29) is 11.7 Å². The molecular formula is C14H20BrN3O. The molecule has 104 valence electrons. The van der Waals surface area contributed by atoms with Crippen LogP contribution in [0.2, 0.25) is 0 Å². The molecule has 0 spiro atoms. The van der Waals surface area contributed by atoms with Crippen molar-refractivity contribution < 1.29 is 0 Å². The molecule has 5 heteroatoms. The van der Waals surface area contributed by atoms with Crippen LogP contribution in [0, 0.1) is 5.92 Å². The molecule has 2 aromatic rings. The Hall–Kier alpha value is -1.07. The van der Waals surface area contributed by atoms with E-state index in [1.54, 1.807) is 16.2 Å².